The zero-order valence-corrected chi connectivity index (χ0v) is 11.5. The van der Waals surface area contributed by atoms with E-state index in [9.17, 15) is 9.18 Å². The highest BCUT2D eigenvalue weighted by Gasteiger charge is 2.03. The molecule has 0 bridgehead atoms. The lowest BCUT2D eigenvalue weighted by Gasteiger charge is -2.08. The number of pyridine rings is 1. The maximum absolute atomic E-state index is 13.3. The molecule has 3 rings (SSSR count). The summed E-state index contributed by atoms with van der Waals surface area (Å²) in [5, 5.41) is 1.01. The molecule has 0 fully saturated rings. The predicted octanol–water partition coefficient (Wildman–Crippen LogP) is 2.61. The van der Waals surface area contributed by atoms with Gasteiger partial charge in [0.1, 0.15) is 5.82 Å². The molecular formula is C16H16FN3O. The van der Waals surface area contributed by atoms with Gasteiger partial charge in [-0.05, 0) is 42.1 Å². The van der Waals surface area contributed by atoms with E-state index >= 15 is 0 Å². The molecule has 3 aromatic rings. The molecule has 0 aliphatic carbocycles. The summed E-state index contributed by atoms with van der Waals surface area (Å²) in [6.07, 6.45) is 4.35. The second-order valence-corrected chi connectivity index (χ2v) is 5.06. The highest BCUT2D eigenvalue weighted by Crippen LogP contribution is 2.17. The Morgan fingerprint density at radius 3 is 2.71 bits per heavy atom. The van der Waals surface area contributed by atoms with Crippen molar-refractivity contribution in [1.82, 2.24) is 9.13 Å². The average Bonchev–Trinajstić information content (AvgIpc) is 2.85. The topological polar surface area (TPSA) is 53.0 Å². The number of hydrogen-bond acceptors (Lipinski definition) is 2. The van der Waals surface area contributed by atoms with Gasteiger partial charge in [0.15, 0.2) is 0 Å². The van der Waals surface area contributed by atoms with Crippen LogP contribution in [0.2, 0.25) is 0 Å². The number of nitrogens with zero attached hydrogens (tertiary/aromatic N) is 2. The van der Waals surface area contributed by atoms with Crippen LogP contribution in [0.1, 0.15) is 6.42 Å². The highest BCUT2D eigenvalue weighted by atomic mass is 19.1. The summed E-state index contributed by atoms with van der Waals surface area (Å²) in [6, 6.07) is 9.78. The Morgan fingerprint density at radius 1 is 1.05 bits per heavy atom. The van der Waals surface area contributed by atoms with Gasteiger partial charge < -0.3 is 14.9 Å². The lowest BCUT2D eigenvalue weighted by atomic mass is 10.2. The first-order chi connectivity index (χ1) is 10.1. The number of rotatable bonds is 4. The number of nitrogen functional groups attached to an aromatic ring is 1. The molecule has 2 aromatic heterocycles. The van der Waals surface area contributed by atoms with Crippen LogP contribution >= 0.6 is 0 Å². The van der Waals surface area contributed by atoms with Gasteiger partial charge in [-0.15, -0.1) is 0 Å². The molecule has 21 heavy (non-hydrogen) atoms. The van der Waals surface area contributed by atoms with Gasteiger partial charge in [-0.2, -0.15) is 0 Å². The van der Waals surface area contributed by atoms with Crippen LogP contribution in [0.15, 0.2) is 53.6 Å². The monoisotopic (exact) mass is 285 g/mol. The third-order valence-corrected chi connectivity index (χ3v) is 3.54. The van der Waals surface area contributed by atoms with Crippen molar-refractivity contribution in [3.63, 3.8) is 0 Å². The summed E-state index contributed by atoms with van der Waals surface area (Å²) in [5.74, 6) is -0.241. The zero-order valence-electron chi connectivity index (χ0n) is 11.5. The smallest absolute Gasteiger partial charge is 0.250 e. The van der Waals surface area contributed by atoms with Crippen molar-refractivity contribution >= 4 is 16.6 Å². The number of nitrogens with two attached hydrogens (primary N) is 1. The summed E-state index contributed by atoms with van der Waals surface area (Å²) in [6.45, 7) is 1.30. The molecular weight excluding hydrogens is 269 g/mol. The van der Waals surface area contributed by atoms with Crippen molar-refractivity contribution in [2.24, 2.45) is 0 Å². The van der Waals surface area contributed by atoms with Crippen LogP contribution in [0.3, 0.4) is 0 Å². The van der Waals surface area contributed by atoms with E-state index in [-0.39, 0.29) is 11.4 Å². The Morgan fingerprint density at radius 2 is 1.86 bits per heavy atom. The Hall–Kier alpha value is -2.56. The van der Waals surface area contributed by atoms with Gasteiger partial charge in [-0.3, -0.25) is 4.79 Å². The number of aromatic nitrogens is 2. The number of benzene rings is 1. The molecule has 0 amide bonds. The molecule has 2 heterocycles. The van der Waals surface area contributed by atoms with E-state index in [1.165, 1.54) is 18.2 Å². The predicted molar refractivity (Wildman–Crippen MR) is 81.6 cm³/mol. The molecule has 0 saturated carbocycles. The van der Waals surface area contributed by atoms with E-state index in [0.29, 0.717) is 18.8 Å². The molecule has 1 aromatic carbocycles. The molecule has 0 spiro atoms. The summed E-state index contributed by atoms with van der Waals surface area (Å²) in [5.41, 5.74) is 7.06. The van der Waals surface area contributed by atoms with Crippen LogP contribution in [-0.4, -0.2) is 9.13 Å². The maximum atomic E-state index is 13.3. The normalized spacial score (nSPS) is 11.1. The van der Waals surface area contributed by atoms with E-state index in [0.717, 1.165) is 17.3 Å². The standard InChI is InChI=1S/C16H16FN3O/c17-13-3-2-12-6-9-19(15(12)10-13)7-1-8-20-11-14(18)4-5-16(20)21/h2-6,9-11H,1,7-8,18H2. The maximum Gasteiger partial charge on any atom is 0.250 e. The Kier molecular flexibility index (Phi) is 3.48. The van der Waals surface area contributed by atoms with Gasteiger partial charge in [0.05, 0.1) is 5.52 Å². The summed E-state index contributed by atoms with van der Waals surface area (Å²) in [7, 11) is 0. The Balaban J connectivity index is 1.73. The van der Waals surface area contributed by atoms with Gasteiger partial charge in [-0.1, -0.05) is 0 Å². The van der Waals surface area contributed by atoms with Crippen LogP contribution < -0.4 is 11.3 Å². The van der Waals surface area contributed by atoms with Crippen molar-refractivity contribution in [3.05, 3.63) is 65.0 Å². The fourth-order valence-electron chi connectivity index (χ4n) is 2.49. The second-order valence-electron chi connectivity index (χ2n) is 5.06. The van der Waals surface area contributed by atoms with E-state index in [4.69, 9.17) is 5.73 Å². The molecule has 0 radical (unpaired) electrons. The summed E-state index contributed by atoms with van der Waals surface area (Å²) in [4.78, 5) is 11.7. The minimum absolute atomic E-state index is 0.0624. The zero-order chi connectivity index (χ0) is 14.8. The fraction of sp³-hybridized carbons (Fsp3) is 0.188. The second kappa shape index (κ2) is 5.44. The molecule has 0 unspecified atom stereocenters. The van der Waals surface area contributed by atoms with Crippen LogP contribution in [0.25, 0.3) is 10.9 Å². The lowest BCUT2D eigenvalue weighted by Crippen LogP contribution is -2.19. The first kappa shape index (κ1) is 13.4. The molecule has 0 saturated heterocycles. The van der Waals surface area contributed by atoms with Crippen molar-refractivity contribution < 1.29 is 4.39 Å². The van der Waals surface area contributed by atoms with Gasteiger partial charge >= 0.3 is 0 Å². The number of halogens is 1. The third kappa shape index (κ3) is 2.81. The lowest BCUT2D eigenvalue weighted by molar-refractivity contribution is 0.561. The molecule has 0 atom stereocenters. The van der Waals surface area contributed by atoms with E-state index < -0.39 is 0 Å². The molecule has 4 nitrogen and oxygen atoms in total. The third-order valence-electron chi connectivity index (χ3n) is 3.54. The largest absolute Gasteiger partial charge is 0.398 e. The fourth-order valence-corrected chi connectivity index (χ4v) is 2.49. The molecule has 108 valence electrons. The van der Waals surface area contributed by atoms with Crippen molar-refractivity contribution in [2.45, 2.75) is 19.5 Å². The van der Waals surface area contributed by atoms with Crippen molar-refractivity contribution in [1.29, 1.82) is 0 Å². The van der Waals surface area contributed by atoms with Gasteiger partial charge in [-0.25, -0.2) is 4.39 Å². The van der Waals surface area contributed by atoms with E-state index in [1.54, 1.807) is 22.9 Å². The Bertz CT molecular complexity index is 835. The van der Waals surface area contributed by atoms with Crippen LogP contribution in [0, 0.1) is 5.82 Å². The Labute approximate surface area is 121 Å². The quantitative estimate of drug-likeness (QED) is 0.801. The first-order valence-electron chi connectivity index (χ1n) is 6.84. The van der Waals surface area contributed by atoms with Crippen molar-refractivity contribution in [2.75, 3.05) is 5.73 Å². The molecule has 0 aliphatic rings. The van der Waals surface area contributed by atoms with E-state index in [1.807, 2.05) is 16.8 Å². The number of hydrogen-bond donors (Lipinski definition) is 1. The summed E-state index contributed by atoms with van der Waals surface area (Å²) < 4.78 is 16.9. The minimum atomic E-state index is -0.241. The van der Waals surface area contributed by atoms with Crippen LogP contribution in [-0.2, 0) is 13.1 Å². The summed E-state index contributed by atoms with van der Waals surface area (Å²) >= 11 is 0. The van der Waals surface area contributed by atoms with Gasteiger partial charge in [0, 0.05) is 37.2 Å². The van der Waals surface area contributed by atoms with E-state index in [2.05, 4.69) is 0 Å². The number of anilines is 1. The van der Waals surface area contributed by atoms with Crippen LogP contribution in [0.5, 0.6) is 0 Å². The average molecular weight is 285 g/mol. The van der Waals surface area contributed by atoms with Gasteiger partial charge in [0.25, 0.3) is 5.56 Å². The number of fused-ring (bicyclic) bond motifs is 1. The van der Waals surface area contributed by atoms with Gasteiger partial charge in [0.2, 0.25) is 0 Å². The van der Waals surface area contributed by atoms with Crippen molar-refractivity contribution in [3.8, 4) is 0 Å². The highest BCUT2D eigenvalue weighted by molar-refractivity contribution is 5.80. The molecule has 0 aliphatic heterocycles. The SMILES string of the molecule is Nc1ccc(=O)n(CCCn2ccc3ccc(F)cc32)c1. The minimum Gasteiger partial charge on any atom is -0.398 e. The van der Waals surface area contributed by atoms with Crippen LogP contribution in [0.4, 0.5) is 10.1 Å². The number of aryl methyl sites for hydroxylation is 2. The molecule has 5 heteroatoms. The molecule has 2 N–H and O–H groups in total. The first-order valence-corrected chi connectivity index (χ1v) is 6.84.